The van der Waals surface area contributed by atoms with Crippen molar-refractivity contribution in [2.45, 2.75) is 44.7 Å². The molecule has 0 spiro atoms. The number of benzene rings is 2. The summed E-state index contributed by atoms with van der Waals surface area (Å²) in [6, 6.07) is 14.3. The van der Waals surface area contributed by atoms with E-state index in [0.717, 1.165) is 42.1 Å². The van der Waals surface area contributed by atoms with E-state index in [1.165, 1.54) is 10.6 Å². The summed E-state index contributed by atoms with van der Waals surface area (Å²) in [4.78, 5) is 21.1. The fourth-order valence-corrected chi connectivity index (χ4v) is 3.86. The van der Waals surface area contributed by atoms with Crippen molar-refractivity contribution in [3.05, 3.63) is 89.0 Å². The Balaban J connectivity index is 1.40. The molecule has 7 nitrogen and oxygen atoms in total. The Morgan fingerprint density at radius 3 is 2.51 bits per heavy atom. The molecule has 1 atom stereocenters. The predicted molar refractivity (Wildman–Crippen MR) is 130 cm³/mol. The van der Waals surface area contributed by atoms with Crippen LogP contribution in [-0.2, 0) is 33.5 Å². The molecule has 196 valence electrons. The van der Waals surface area contributed by atoms with Crippen LogP contribution < -0.4 is 10.2 Å². The zero-order chi connectivity index (χ0) is 26.3. The van der Waals surface area contributed by atoms with Gasteiger partial charge < -0.3 is 14.0 Å². The van der Waals surface area contributed by atoms with E-state index in [1.807, 2.05) is 0 Å². The number of rotatable bonds is 9. The number of alkyl halides is 3. The third kappa shape index (κ3) is 7.68. The van der Waals surface area contributed by atoms with Gasteiger partial charge in [-0.15, -0.1) is 0 Å². The number of amides is 1. The average Bonchev–Trinajstić information content (AvgIpc) is 3.31. The molecule has 0 bridgehead atoms. The fourth-order valence-electron chi connectivity index (χ4n) is 3.86. The van der Waals surface area contributed by atoms with Crippen LogP contribution in [0.25, 0.3) is 6.08 Å². The number of methoxy groups -OCH3 is 1. The number of halogens is 3. The lowest BCUT2D eigenvalue weighted by atomic mass is 10.1. The van der Waals surface area contributed by atoms with E-state index >= 15 is 0 Å². The first-order valence-corrected chi connectivity index (χ1v) is 11.9. The molecule has 0 radical (unpaired) electrons. The van der Waals surface area contributed by atoms with Crippen molar-refractivity contribution in [1.29, 1.82) is 0 Å². The zero-order valence-electron chi connectivity index (χ0n) is 20.3. The van der Waals surface area contributed by atoms with Gasteiger partial charge in [0.2, 0.25) is 0 Å². The standard InChI is InChI=1S/C27H28F3N3O4/c1-35-22-12-9-21(10-13-22)17-33-18-23(27(28,29)30)31-24(33)16-20-7-5-19(6-8-20)11-14-25(34)32-37-26-4-2-3-15-36-26/h5-14,18,26H,2-4,15-17H2,1H3,(H,32,34). The van der Waals surface area contributed by atoms with Crippen LogP contribution in [0.5, 0.6) is 5.75 Å². The molecule has 4 rings (SSSR count). The molecule has 3 aromatic rings. The maximum Gasteiger partial charge on any atom is 0.434 e. The summed E-state index contributed by atoms with van der Waals surface area (Å²) in [7, 11) is 1.55. The monoisotopic (exact) mass is 515 g/mol. The van der Waals surface area contributed by atoms with Crippen molar-refractivity contribution in [2.24, 2.45) is 0 Å². The van der Waals surface area contributed by atoms with Gasteiger partial charge in [-0.1, -0.05) is 36.4 Å². The van der Waals surface area contributed by atoms with Crippen molar-refractivity contribution in [1.82, 2.24) is 15.0 Å². The van der Waals surface area contributed by atoms with E-state index in [2.05, 4.69) is 10.5 Å². The topological polar surface area (TPSA) is 74.6 Å². The Kier molecular flexibility index (Phi) is 8.62. The van der Waals surface area contributed by atoms with Gasteiger partial charge in [0.05, 0.1) is 7.11 Å². The molecule has 1 aliphatic heterocycles. The van der Waals surface area contributed by atoms with Crippen LogP contribution in [0.2, 0.25) is 0 Å². The number of nitrogens with zero attached hydrogens (tertiary/aromatic N) is 2. The first-order chi connectivity index (χ1) is 17.8. The minimum atomic E-state index is -4.54. The molecule has 1 amide bonds. The van der Waals surface area contributed by atoms with Crippen molar-refractivity contribution in [2.75, 3.05) is 13.7 Å². The van der Waals surface area contributed by atoms with Crippen molar-refractivity contribution >= 4 is 12.0 Å². The second kappa shape index (κ2) is 12.1. The molecular formula is C27H28F3N3O4. The highest BCUT2D eigenvalue weighted by molar-refractivity contribution is 5.90. The number of ether oxygens (including phenoxy) is 2. The van der Waals surface area contributed by atoms with Crippen LogP contribution >= 0.6 is 0 Å². The third-order valence-electron chi connectivity index (χ3n) is 5.86. The quantitative estimate of drug-likeness (QED) is 0.316. The smallest absolute Gasteiger partial charge is 0.434 e. The van der Waals surface area contributed by atoms with Crippen LogP contribution in [0.15, 0.2) is 60.8 Å². The molecule has 1 saturated heterocycles. The SMILES string of the molecule is COc1ccc(Cn2cc(C(F)(F)F)nc2Cc2ccc(C=CC(=O)NOC3CCCCO3)cc2)cc1. The Morgan fingerprint density at radius 2 is 1.86 bits per heavy atom. The van der Waals surface area contributed by atoms with E-state index in [9.17, 15) is 18.0 Å². The van der Waals surface area contributed by atoms with Crippen molar-refractivity contribution in [3.8, 4) is 5.75 Å². The Morgan fingerprint density at radius 1 is 1.14 bits per heavy atom. The second-order valence-corrected chi connectivity index (χ2v) is 8.65. The molecule has 1 unspecified atom stereocenters. The number of hydroxylamine groups is 1. The number of hydrogen-bond acceptors (Lipinski definition) is 5. The van der Waals surface area contributed by atoms with Gasteiger partial charge in [-0.3, -0.25) is 4.79 Å². The molecule has 1 aliphatic rings. The summed E-state index contributed by atoms with van der Waals surface area (Å²) in [5.41, 5.74) is 3.79. The predicted octanol–water partition coefficient (Wildman–Crippen LogP) is 5.14. The molecule has 0 aliphatic carbocycles. The van der Waals surface area contributed by atoms with E-state index in [4.69, 9.17) is 14.3 Å². The highest BCUT2D eigenvalue weighted by atomic mass is 19.4. The van der Waals surface area contributed by atoms with Crippen molar-refractivity contribution in [3.63, 3.8) is 0 Å². The van der Waals surface area contributed by atoms with Gasteiger partial charge in [-0.05, 0) is 47.7 Å². The van der Waals surface area contributed by atoms with Crippen LogP contribution in [0, 0.1) is 0 Å². The minimum Gasteiger partial charge on any atom is -0.497 e. The molecule has 2 heterocycles. The van der Waals surface area contributed by atoms with Crippen LogP contribution in [0.4, 0.5) is 13.2 Å². The maximum atomic E-state index is 13.4. The Labute approximate surface area is 212 Å². The number of imidazole rings is 1. The minimum absolute atomic E-state index is 0.214. The lowest BCUT2D eigenvalue weighted by molar-refractivity contribution is -0.198. The summed E-state index contributed by atoms with van der Waals surface area (Å²) in [6.45, 7) is 0.855. The maximum absolute atomic E-state index is 13.4. The Hall–Kier alpha value is -3.63. The highest BCUT2D eigenvalue weighted by Crippen LogP contribution is 2.29. The fraction of sp³-hybridized carbons (Fsp3) is 0.333. The molecule has 1 N–H and O–H groups in total. The molecule has 0 saturated carbocycles. The summed E-state index contributed by atoms with van der Waals surface area (Å²) in [5.74, 6) is 0.550. The normalized spacial score (nSPS) is 16.2. The number of aromatic nitrogens is 2. The van der Waals surface area contributed by atoms with E-state index in [-0.39, 0.29) is 13.0 Å². The molecule has 1 aromatic heterocycles. The molecule has 37 heavy (non-hydrogen) atoms. The summed E-state index contributed by atoms with van der Waals surface area (Å²) >= 11 is 0. The van der Waals surface area contributed by atoms with E-state index < -0.39 is 24.1 Å². The second-order valence-electron chi connectivity index (χ2n) is 8.65. The summed E-state index contributed by atoms with van der Waals surface area (Å²) in [6.07, 6.45) is 1.95. The van der Waals surface area contributed by atoms with Gasteiger partial charge in [0.15, 0.2) is 12.0 Å². The van der Waals surface area contributed by atoms with Crippen LogP contribution in [-0.4, -0.2) is 35.5 Å². The molecular weight excluding hydrogens is 487 g/mol. The number of nitrogens with one attached hydrogen (secondary N) is 1. The lowest BCUT2D eigenvalue weighted by Crippen LogP contribution is -2.32. The van der Waals surface area contributed by atoms with Crippen LogP contribution in [0.3, 0.4) is 0 Å². The van der Waals surface area contributed by atoms with Gasteiger partial charge in [0, 0.05) is 38.3 Å². The largest absolute Gasteiger partial charge is 0.497 e. The summed E-state index contributed by atoms with van der Waals surface area (Å²) in [5, 5.41) is 0. The molecule has 10 heteroatoms. The number of carbonyl (C=O) groups excluding carboxylic acids is 1. The lowest BCUT2D eigenvalue weighted by Gasteiger charge is -2.21. The molecule has 2 aromatic carbocycles. The van der Waals surface area contributed by atoms with Gasteiger partial charge in [0.1, 0.15) is 11.6 Å². The number of carbonyl (C=O) groups is 1. The van der Waals surface area contributed by atoms with E-state index in [1.54, 1.807) is 61.7 Å². The average molecular weight is 516 g/mol. The Bertz CT molecular complexity index is 1200. The third-order valence-corrected chi connectivity index (χ3v) is 5.86. The first kappa shape index (κ1) is 26.4. The van der Waals surface area contributed by atoms with E-state index in [0.29, 0.717) is 18.2 Å². The van der Waals surface area contributed by atoms with Gasteiger partial charge in [-0.25, -0.2) is 15.3 Å². The summed E-state index contributed by atoms with van der Waals surface area (Å²) < 4.78 is 52.2. The van der Waals surface area contributed by atoms with Crippen molar-refractivity contribution < 1.29 is 32.3 Å². The van der Waals surface area contributed by atoms with Gasteiger partial charge in [-0.2, -0.15) is 13.2 Å². The molecule has 1 fully saturated rings. The van der Waals surface area contributed by atoms with Crippen LogP contribution in [0.1, 0.15) is 47.5 Å². The zero-order valence-corrected chi connectivity index (χ0v) is 20.3. The number of hydrogen-bond donors (Lipinski definition) is 1. The first-order valence-electron chi connectivity index (χ1n) is 11.9. The highest BCUT2D eigenvalue weighted by Gasteiger charge is 2.34. The van der Waals surface area contributed by atoms with Gasteiger partial charge >= 0.3 is 6.18 Å². The van der Waals surface area contributed by atoms with Gasteiger partial charge in [0.25, 0.3) is 5.91 Å².